The van der Waals surface area contributed by atoms with E-state index in [1.165, 1.54) is 0 Å². The number of pyridine rings is 2. The van der Waals surface area contributed by atoms with Crippen molar-refractivity contribution in [3.05, 3.63) is 88.6 Å². The zero-order valence-electron chi connectivity index (χ0n) is 20.6. The number of aldehydes is 1. The summed E-state index contributed by atoms with van der Waals surface area (Å²) in [7, 11) is 1.75. The number of ether oxygens (including phenoxy) is 1. The number of hydrogen-bond acceptors (Lipinski definition) is 6. The van der Waals surface area contributed by atoms with E-state index in [0.29, 0.717) is 40.2 Å². The van der Waals surface area contributed by atoms with Crippen LogP contribution >= 0.6 is 0 Å². The number of anilines is 1. The Kier molecular flexibility index (Phi) is 7.10. The van der Waals surface area contributed by atoms with E-state index in [1.807, 2.05) is 63.2 Å². The molecule has 0 fully saturated rings. The first-order valence-corrected chi connectivity index (χ1v) is 11.5. The molecule has 0 amide bonds. The van der Waals surface area contributed by atoms with Gasteiger partial charge < -0.3 is 15.2 Å². The molecule has 4 rings (SSSR count). The summed E-state index contributed by atoms with van der Waals surface area (Å²) < 4.78 is 6.36. The molecule has 0 spiro atoms. The van der Waals surface area contributed by atoms with Crippen LogP contribution in [0.3, 0.4) is 0 Å². The lowest BCUT2D eigenvalue weighted by molar-refractivity contribution is -0.136. The summed E-state index contributed by atoms with van der Waals surface area (Å²) in [6, 6.07) is 16.8. The third-order valence-electron chi connectivity index (χ3n) is 6.13. The predicted molar refractivity (Wildman–Crippen MR) is 140 cm³/mol. The monoisotopic (exact) mass is 481 g/mol. The van der Waals surface area contributed by atoms with Crippen molar-refractivity contribution in [3.63, 3.8) is 0 Å². The maximum absolute atomic E-state index is 11.9. The van der Waals surface area contributed by atoms with Crippen molar-refractivity contribution in [1.29, 1.82) is 0 Å². The standard InChI is InChI=1S/C29H27N3O4/c1-17-8-10-20(11-9-17)26-19(3)28(27(30-4)18(2)22(26)15-25(34)35)36-29-21(16-33)12-13-24(32-29)23-7-5-6-14-31-23/h5-14,16,30H,15H2,1-4H3,(H,34,35). The fourth-order valence-corrected chi connectivity index (χ4v) is 4.32. The van der Waals surface area contributed by atoms with Crippen molar-refractivity contribution >= 4 is 17.9 Å². The number of nitrogens with one attached hydrogen (secondary N) is 1. The lowest BCUT2D eigenvalue weighted by Crippen LogP contribution is -2.10. The number of nitrogens with zero attached hydrogens (tertiary/aromatic N) is 2. The summed E-state index contributed by atoms with van der Waals surface area (Å²) in [5.74, 6) is -0.295. The summed E-state index contributed by atoms with van der Waals surface area (Å²) >= 11 is 0. The van der Waals surface area contributed by atoms with E-state index in [2.05, 4.69) is 15.3 Å². The molecule has 0 aliphatic heterocycles. The fourth-order valence-electron chi connectivity index (χ4n) is 4.32. The summed E-state index contributed by atoms with van der Waals surface area (Å²) in [5.41, 5.74) is 7.12. The SMILES string of the molecule is CNc1c(C)c(CC(=O)O)c(-c2ccc(C)cc2)c(C)c1Oc1nc(-c2ccccn2)ccc1C=O. The zero-order valence-corrected chi connectivity index (χ0v) is 20.6. The van der Waals surface area contributed by atoms with Crippen molar-refractivity contribution in [2.45, 2.75) is 27.2 Å². The second-order valence-corrected chi connectivity index (χ2v) is 8.52. The van der Waals surface area contributed by atoms with Gasteiger partial charge in [0.15, 0.2) is 12.0 Å². The minimum Gasteiger partial charge on any atom is -0.481 e. The molecule has 4 aromatic rings. The first-order valence-electron chi connectivity index (χ1n) is 11.5. The Morgan fingerprint density at radius 2 is 1.75 bits per heavy atom. The van der Waals surface area contributed by atoms with Gasteiger partial charge in [0.05, 0.1) is 29.1 Å². The molecular formula is C29H27N3O4. The molecule has 0 atom stereocenters. The summed E-state index contributed by atoms with van der Waals surface area (Å²) in [6.07, 6.45) is 2.23. The van der Waals surface area contributed by atoms with E-state index in [4.69, 9.17) is 4.74 Å². The average molecular weight is 482 g/mol. The Labute approximate surface area is 209 Å². The van der Waals surface area contributed by atoms with Crippen LogP contribution < -0.4 is 10.1 Å². The smallest absolute Gasteiger partial charge is 0.307 e. The van der Waals surface area contributed by atoms with Crippen LogP contribution in [0.15, 0.2) is 60.8 Å². The number of hydrogen-bond donors (Lipinski definition) is 2. The molecule has 0 saturated carbocycles. The lowest BCUT2D eigenvalue weighted by atomic mass is 9.88. The molecule has 0 saturated heterocycles. The molecule has 7 heteroatoms. The van der Waals surface area contributed by atoms with Gasteiger partial charge in [-0.05, 0) is 67.3 Å². The Morgan fingerprint density at radius 1 is 1.00 bits per heavy atom. The molecule has 0 radical (unpaired) electrons. The molecular weight excluding hydrogens is 454 g/mol. The Bertz CT molecular complexity index is 1430. The maximum atomic E-state index is 11.9. The highest BCUT2D eigenvalue weighted by atomic mass is 16.5. The van der Waals surface area contributed by atoms with E-state index < -0.39 is 5.97 Å². The van der Waals surface area contributed by atoms with Crippen LogP contribution in [0, 0.1) is 20.8 Å². The van der Waals surface area contributed by atoms with E-state index in [-0.39, 0.29) is 12.3 Å². The molecule has 0 bridgehead atoms. The van der Waals surface area contributed by atoms with Gasteiger partial charge in [-0.15, -0.1) is 0 Å². The van der Waals surface area contributed by atoms with Gasteiger partial charge in [-0.3, -0.25) is 14.6 Å². The molecule has 0 aliphatic rings. The number of carbonyl (C=O) groups excluding carboxylic acids is 1. The number of aromatic nitrogens is 2. The molecule has 7 nitrogen and oxygen atoms in total. The number of carboxylic acids is 1. The molecule has 182 valence electrons. The maximum Gasteiger partial charge on any atom is 0.307 e. The van der Waals surface area contributed by atoms with Gasteiger partial charge in [0, 0.05) is 18.8 Å². The number of benzene rings is 2. The highest BCUT2D eigenvalue weighted by Gasteiger charge is 2.24. The van der Waals surface area contributed by atoms with Crippen LogP contribution in [0.25, 0.3) is 22.5 Å². The van der Waals surface area contributed by atoms with Crippen LogP contribution in [0.2, 0.25) is 0 Å². The average Bonchev–Trinajstić information content (AvgIpc) is 2.88. The van der Waals surface area contributed by atoms with Crippen molar-refractivity contribution in [3.8, 4) is 34.1 Å². The van der Waals surface area contributed by atoms with Crippen molar-refractivity contribution in [1.82, 2.24) is 9.97 Å². The Balaban J connectivity index is 1.94. The normalized spacial score (nSPS) is 10.7. The number of aryl methyl sites for hydroxylation is 1. The second kappa shape index (κ2) is 10.4. The van der Waals surface area contributed by atoms with Crippen LogP contribution in [-0.2, 0) is 11.2 Å². The molecule has 2 aromatic heterocycles. The summed E-state index contributed by atoms with van der Waals surface area (Å²) in [4.78, 5) is 32.6. The van der Waals surface area contributed by atoms with Crippen LogP contribution in [0.4, 0.5) is 5.69 Å². The molecule has 2 aromatic carbocycles. The van der Waals surface area contributed by atoms with Gasteiger partial charge in [-0.25, -0.2) is 4.98 Å². The van der Waals surface area contributed by atoms with Crippen LogP contribution in [0.5, 0.6) is 11.6 Å². The van der Waals surface area contributed by atoms with Gasteiger partial charge in [0.2, 0.25) is 5.88 Å². The van der Waals surface area contributed by atoms with Crippen LogP contribution in [-0.4, -0.2) is 34.4 Å². The quantitative estimate of drug-likeness (QED) is 0.297. The van der Waals surface area contributed by atoms with E-state index in [9.17, 15) is 14.7 Å². The number of aliphatic carboxylic acids is 1. The Hall–Kier alpha value is -4.52. The molecule has 2 N–H and O–H groups in total. The van der Waals surface area contributed by atoms with E-state index >= 15 is 0 Å². The largest absolute Gasteiger partial charge is 0.481 e. The van der Waals surface area contributed by atoms with E-state index in [1.54, 1.807) is 25.4 Å². The van der Waals surface area contributed by atoms with Gasteiger partial charge in [0.1, 0.15) is 0 Å². The lowest BCUT2D eigenvalue weighted by Gasteiger charge is -2.23. The van der Waals surface area contributed by atoms with Crippen molar-refractivity contribution < 1.29 is 19.4 Å². The minimum atomic E-state index is -0.922. The highest BCUT2D eigenvalue weighted by molar-refractivity contribution is 5.87. The number of rotatable bonds is 8. The third-order valence-corrected chi connectivity index (χ3v) is 6.13. The first-order chi connectivity index (χ1) is 17.3. The third kappa shape index (κ3) is 4.81. The van der Waals surface area contributed by atoms with Crippen molar-refractivity contribution in [2.24, 2.45) is 0 Å². The van der Waals surface area contributed by atoms with Crippen molar-refractivity contribution in [2.75, 3.05) is 12.4 Å². The zero-order chi connectivity index (χ0) is 25.8. The van der Waals surface area contributed by atoms with E-state index in [0.717, 1.165) is 27.8 Å². The first kappa shape index (κ1) is 24.6. The molecule has 0 aliphatic carbocycles. The predicted octanol–water partition coefficient (Wildman–Crippen LogP) is 6.01. The molecule has 36 heavy (non-hydrogen) atoms. The Morgan fingerprint density at radius 3 is 2.36 bits per heavy atom. The number of carbonyl (C=O) groups is 2. The molecule has 0 unspecified atom stereocenters. The highest BCUT2D eigenvalue weighted by Crippen LogP contribution is 2.44. The summed E-state index contributed by atoms with van der Waals surface area (Å²) in [6.45, 7) is 5.76. The minimum absolute atomic E-state index is 0.141. The van der Waals surface area contributed by atoms with Gasteiger partial charge in [0.25, 0.3) is 0 Å². The number of carboxylic acid groups (broad SMARTS) is 1. The molecule has 2 heterocycles. The van der Waals surface area contributed by atoms with Gasteiger partial charge in [-0.2, -0.15) is 0 Å². The second-order valence-electron chi connectivity index (χ2n) is 8.52. The summed E-state index contributed by atoms with van der Waals surface area (Å²) in [5, 5.41) is 12.8. The topological polar surface area (TPSA) is 101 Å². The van der Waals surface area contributed by atoms with Gasteiger partial charge >= 0.3 is 5.97 Å². The van der Waals surface area contributed by atoms with Crippen LogP contribution in [0.1, 0.15) is 32.6 Å². The van der Waals surface area contributed by atoms with Gasteiger partial charge in [-0.1, -0.05) is 35.9 Å². The fraction of sp³-hybridized carbons (Fsp3) is 0.172.